The summed E-state index contributed by atoms with van der Waals surface area (Å²) in [7, 11) is 0. The summed E-state index contributed by atoms with van der Waals surface area (Å²) < 4.78 is 6.10. The second kappa shape index (κ2) is 4.55. The predicted molar refractivity (Wildman–Crippen MR) is 82.0 cm³/mol. The summed E-state index contributed by atoms with van der Waals surface area (Å²) in [6.07, 6.45) is 5.32. The summed E-state index contributed by atoms with van der Waals surface area (Å²) >= 11 is 0. The highest BCUT2D eigenvalue weighted by molar-refractivity contribution is 5.40. The molecule has 114 valence electrons. The number of aliphatic hydroxyl groups is 1. The highest BCUT2D eigenvalue weighted by Gasteiger charge is 2.63. The predicted octanol–water partition coefficient (Wildman–Crippen LogP) is 2.67. The van der Waals surface area contributed by atoms with Crippen molar-refractivity contribution in [1.29, 1.82) is 0 Å². The van der Waals surface area contributed by atoms with Gasteiger partial charge in [0.15, 0.2) is 0 Å². The molecule has 2 heterocycles. The number of hydrogen-bond donors (Lipinski definition) is 2. The van der Waals surface area contributed by atoms with E-state index in [-0.39, 0.29) is 11.5 Å². The average molecular weight is 287 g/mol. The normalized spacial score (nSPS) is 44.8. The number of rotatable bonds is 2. The molecule has 4 rings (SSSR count). The van der Waals surface area contributed by atoms with Crippen LogP contribution in [-0.4, -0.2) is 23.9 Å². The summed E-state index contributed by atoms with van der Waals surface area (Å²) in [6.45, 7) is 2.76. The summed E-state index contributed by atoms with van der Waals surface area (Å²) in [4.78, 5) is 0. The van der Waals surface area contributed by atoms with Crippen molar-refractivity contribution in [3.05, 3.63) is 35.4 Å². The summed E-state index contributed by atoms with van der Waals surface area (Å²) in [6, 6.07) is 8.39. The fraction of sp³-hybridized carbons (Fsp3) is 0.667. The Morgan fingerprint density at radius 3 is 2.76 bits per heavy atom. The lowest BCUT2D eigenvalue weighted by Gasteiger charge is -2.51. The molecule has 21 heavy (non-hydrogen) atoms. The van der Waals surface area contributed by atoms with Crippen LogP contribution < -0.4 is 5.73 Å². The first kappa shape index (κ1) is 13.7. The van der Waals surface area contributed by atoms with Gasteiger partial charge in [-0.3, -0.25) is 0 Å². The van der Waals surface area contributed by atoms with Crippen LogP contribution in [0.15, 0.2) is 24.3 Å². The minimum Gasteiger partial charge on any atom is -0.384 e. The third kappa shape index (κ3) is 1.65. The van der Waals surface area contributed by atoms with Crippen molar-refractivity contribution in [1.82, 2.24) is 0 Å². The van der Waals surface area contributed by atoms with Gasteiger partial charge in [-0.1, -0.05) is 31.2 Å². The van der Waals surface area contributed by atoms with E-state index in [9.17, 15) is 5.11 Å². The van der Waals surface area contributed by atoms with Crippen molar-refractivity contribution in [2.45, 2.75) is 62.8 Å². The molecule has 2 saturated heterocycles. The first-order valence-electron chi connectivity index (χ1n) is 8.28. The van der Waals surface area contributed by atoms with E-state index in [1.165, 1.54) is 5.56 Å². The zero-order valence-electron chi connectivity index (χ0n) is 12.7. The Labute approximate surface area is 126 Å². The van der Waals surface area contributed by atoms with Crippen molar-refractivity contribution in [2.24, 2.45) is 11.1 Å². The van der Waals surface area contributed by atoms with E-state index >= 15 is 0 Å². The van der Waals surface area contributed by atoms with Crippen LogP contribution in [0.5, 0.6) is 0 Å². The van der Waals surface area contributed by atoms with Crippen molar-refractivity contribution in [3.63, 3.8) is 0 Å². The van der Waals surface area contributed by atoms with E-state index in [4.69, 9.17) is 10.5 Å². The molecule has 5 unspecified atom stereocenters. The second-order valence-electron chi connectivity index (χ2n) is 7.28. The molecule has 2 bridgehead atoms. The molecule has 0 radical (unpaired) electrons. The zero-order chi connectivity index (χ0) is 14.7. The van der Waals surface area contributed by atoms with Gasteiger partial charge in [-0.15, -0.1) is 0 Å². The standard InChI is InChI=1S/C18H25NO2/c1-12-8-9-18(20,15-5-3-2-4-14(12)15)17(11-19)10-13-6-7-16(17)21-13/h2-5,12-13,16,20H,6-11,19H2,1H3. The number of fused-ring (bicyclic) bond motifs is 3. The highest BCUT2D eigenvalue weighted by Crippen LogP contribution is 2.60. The van der Waals surface area contributed by atoms with Gasteiger partial charge in [0, 0.05) is 12.0 Å². The third-order valence-corrected chi connectivity index (χ3v) is 6.38. The van der Waals surface area contributed by atoms with Crippen LogP contribution in [0.3, 0.4) is 0 Å². The molecule has 3 N–H and O–H groups in total. The first-order chi connectivity index (χ1) is 10.1. The largest absolute Gasteiger partial charge is 0.384 e. The number of hydrogen-bond acceptors (Lipinski definition) is 3. The van der Waals surface area contributed by atoms with Crippen LogP contribution >= 0.6 is 0 Å². The Bertz CT molecular complexity index is 560. The Kier molecular flexibility index (Phi) is 2.97. The molecule has 5 atom stereocenters. The van der Waals surface area contributed by atoms with E-state index in [1.54, 1.807) is 0 Å². The number of ether oxygens (including phenoxy) is 1. The van der Waals surface area contributed by atoms with E-state index in [0.717, 1.165) is 37.7 Å². The minimum atomic E-state index is -0.829. The minimum absolute atomic E-state index is 0.124. The Morgan fingerprint density at radius 2 is 2.10 bits per heavy atom. The topological polar surface area (TPSA) is 55.5 Å². The SMILES string of the molecule is CC1CCC(O)(C2(CN)CC3CCC2O3)c2ccccc21. The van der Waals surface area contributed by atoms with Gasteiger partial charge in [0.25, 0.3) is 0 Å². The molecule has 0 spiro atoms. The van der Waals surface area contributed by atoms with Crippen LogP contribution in [0, 0.1) is 5.41 Å². The van der Waals surface area contributed by atoms with E-state index in [2.05, 4.69) is 25.1 Å². The molecule has 3 aliphatic rings. The van der Waals surface area contributed by atoms with Gasteiger partial charge in [0.1, 0.15) is 0 Å². The molecular weight excluding hydrogens is 262 g/mol. The van der Waals surface area contributed by atoms with E-state index < -0.39 is 5.60 Å². The van der Waals surface area contributed by atoms with Crippen molar-refractivity contribution in [2.75, 3.05) is 6.54 Å². The maximum atomic E-state index is 11.8. The van der Waals surface area contributed by atoms with Gasteiger partial charge >= 0.3 is 0 Å². The molecule has 0 saturated carbocycles. The van der Waals surface area contributed by atoms with Gasteiger partial charge in [-0.05, 0) is 49.1 Å². The van der Waals surface area contributed by atoms with Gasteiger partial charge < -0.3 is 15.6 Å². The van der Waals surface area contributed by atoms with Crippen LogP contribution in [0.2, 0.25) is 0 Å². The molecule has 1 aliphatic carbocycles. The molecule has 3 nitrogen and oxygen atoms in total. The molecule has 0 amide bonds. The smallest absolute Gasteiger partial charge is 0.0993 e. The average Bonchev–Trinajstić information content (AvgIpc) is 3.13. The van der Waals surface area contributed by atoms with Gasteiger partial charge in [0.2, 0.25) is 0 Å². The van der Waals surface area contributed by atoms with Crippen molar-refractivity contribution < 1.29 is 9.84 Å². The number of benzene rings is 1. The van der Waals surface area contributed by atoms with E-state index in [0.29, 0.717) is 18.6 Å². The maximum Gasteiger partial charge on any atom is 0.0993 e. The van der Waals surface area contributed by atoms with Crippen LogP contribution in [0.4, 0.5) is 0 Å². The fourth-order valence-corrected chi connectivity index (χ4v) is 5.15. The van der Waals surface area contributed by atoms with Gasteiger partial charge in [-0.2, -0.15) is 0 Å². The summed E-state index contributed by atoms with van der Waals surface area (Å²) in [5, 5.41) is 11.8. The molecule has 2 aliphatic heterocycles. The third-order valence-electron chi connectivity index (χ3n) is 6.38. The maximum absolute atomic E-state index is 11.8. The second-order valence-corrected chi connectivity index (χ2v) is 7.28. The molecule has 0 aromatic heterocycles. The van der Waals surface area contributed by atoms with Crippen molar-refractivity contribution in [3.8, 4) is 0 Å². The molecule has 2 fully saturated rings. The summed E-state index contributed by atoms with van der Waals surface area (Å²) in [5.41, 5.74) is 7.49. The fourth-order valence-electron chi connectivity index (χ4n) is 5.15. The van der Waals surface area contributed by atoms with Gasteiger partial charge in [0.05, 0.1) is 17.8 Å². The highest BCUT2D eigenvalue weighted by atomic mass is 16.5. The van der Waals surface area contributed by atoms with Crippen LogP contribution in [0.25, 0.3) is 0 Å². The van der Waals surface area contributed by atoms with Crippen molar-refractivity contribution >= 4 is 0 Å². The number of nitrogens with two attached hydrogens (primary N) is 1. The molecule has 1 aromatic carbocycles. The quantitative estimate of drug-likeness (QED) is 0.879. The Balaban J connectivity index is 1.85. The van der Waals surface area contributed by atoms with E-state index in [1.807, 2.05) is 6.07 Å². The Hall–Kier alpha value is -0.900. The monoisotopic (exact) mass is 287 g/mol. The Morgan fingerprint density at radius 1 is 1.29 bits per heavy atom. The molecule has 3 heteroatoms. The molecular formula is C18H25NO2. The van der Waals surface area contributed by atoms with Gasteiger partial charge in [-0.25, -0.2) is 0 Å². The molecule has 1 aromatic rings. The van der Waals surface area contributed by atoms with Crippen LogP contribution in [0.1, 0.15) is 56.1 Å². The summed E-state index contributed by atoms with van der Waals surface area (Å²) in [5.74, 6) is 0.510. The zero-order valence-corrected chi connectivity index (χ0v) is 12.7. The lowest BCUT2D eigenvalue weighted by molar-refractivity contribution is -0.129. The first-order valence-corrected chi connectivity index (χ1v) is 8.28. The van der Waals surface area contributed by atoms with Crippen LogP contribution in [-0.2, 0) is 10.3 Å². The lowest BCUT2D eigenvalue weighted by Crippen LogP contribution is -2.57. The lowest BCUT2D eigenvalue weighted by atomic mass is 9.56.